The lowest BCUT2D eigenvalue weighted by Crippen LogP contribution is -2.65. The van der Waals surface area contributed by atoms with Crippen LogP contribution >= 0.6 is 34.8 Å². The first kappa shape index (κ1) is 41.7. The molecule has 3 unspecified atom stereocenters. The fraction of sp³-hybridized carbons (Fsp3) is 0.676. The van der Waals surface area contributed by atoms with Crippen LogP contribution in [-0.4, -0.2) is 89.9 Å². The lowest BCUT2D eigenvalue weighted by molar-refractivity contribution is -0.357. The molecule has 0 saturated carbocycles. The smallest absolute Gasteiger partial charge is 0.366 e. The van der Waals surface area contributed by atoms with Gasteiger partial charge in [0.25, 0.3) is 9.58 Å². The van der Waals surface area contributed by atoms with Gasteiger partial charge in [0.05, 0.1) is 12.7 Å². The monoisotopic (exact) mass is 765 g/mol. The number of methoxy groups -OCH3 is 1. The van der Waals surface area contributed by atoms with E-state index in [2.05, 4.69) is 0 Å². The third-order valence-electron chi connectivity index (χ3n) is 9.19. The SMILES string of the molecule is CC[C@@H](C)[C@@H](OC(C)=O)C1O[C@@](OC2C(OC(=O)c3ccccc3)[C@H](OC(=N)C(Cl)(Cl)Cl)O[C@@H](COC(C)=O)[C@@H]2C)(C(=O)OC)C[C@@H](C)[C@H]1C. The number of alkyl halides is 3. The Morgan fingerprint density at radius 3 is 2.18 bits per heavy atom. The lowest BCUT2D eigenvalue weighted by Gasteiger charge is -2.51. The molecule has 1 aromatic rings. The molecule has 13 nitrogen and oxygen atoms in total. The molecule has 50 heavy (non-hydrogen) atoms. The van der Waals surface area contributed by atoms with E-state index in [1.165, 1.54) is 33.1 Å². The van der Waals surface area contributed by atoms with Crippen LogP contribution in [0.5, 0.6) is 0 Å². The van der Waals surface area contributed by atoms with Crippen molar-refractivity contribution < 1.29 is 57.1 Å². The highest BCUT2D eigenvalue weighted by molar-refractivity contribution is 6.76. The Hall–Kier alpha value is -2.68. The van der Waals surface area contributed by atoms with Gasteiger partial charge >= 0.3 is 23.9 Å². The predicted octanol–water partition coefficient (Wildman–Crippen LogP) is 5.79. The second kappa shape index (κ2) is 17.7. The van der Waals surface area contributed by atoms with Gasteiger partial charge in [-0.1, -0.05) is 87.6 Å². The summed E-state index contributed by atoms with van der Waals surface area (Å²) in [6.45, 7) is 11.5. The Kier molecular flexibility index (Phi) is 14.8. The van der Waals surface area contributed by atoms with Crippen LogP contribution in [0, 0.1) is 29.1 Å². The molecule has 0 aromatic heterocycles. The van der Waals surface area contributed by atoms with Crippen molar-refractivity contribution in [3.8, 4) is 0 Å². The fourth-order valence-electron chi connectivity index (χ4n) is 6.01. The molecule has 16 heteroatoms. The number of carbonyl (C=O) groups excluding carboxylic acids is 4. The second-order valence-electron chi connectivity index (χ2n) is 12.8. The summed E-state index contributed by atoms with van der Waals surface area (Å²) in [5.41, 5.74) is 0.160. The lowest BCUT2D eigenvalue weighted by atomic mass is 9.77. The number of hydrogen-bond donors (Lipinski definition) is 1. The Labute approximate surface area is 307 Å². The minimum atomic E-state index is -2.34. The first-order valence-corrected chi connectivity index (χ1v) is 17.5. The summed E-state index contributed by atoms with van der Waals surface area (Å²) >= 11 is 17.8. The van der Waals surface area contributed by atoms with Gasteiger partial charge in [0.2, 0.25) is 12.2 Å². The van der Waals surface area contributed by atoms with E-state index in [-0.39, 0.29) is 36.3 Å². The summed E-state index contributed by atoms with van der Waals surface area (Å²) in [6, 6.07) is 8.02. The van der Waals surface area contributed by atoms with E-state index in [0.717, 1.165) is 0 Å². The largest absolute Gasteiger partial charge is 0.465 e. The Balaban J connectivity index is 2.19. The average Bonchev–Trinajstić information content (AvgIpc) is 3.06. The maximum atomic E-state index is 13.9. The van der Waals surface area contributed by atoms with E-state index >= 15 is 0 Å². The molecule has 0 spiro atoms. The van der Waals surface area contributed by atoms with Crippen molar-refractivity contribution in [1.82, 2.24) is 0 Å². The van der Waals surface area contributed by atoms with Crippen LogP contribution in [0.3, 0.4) is 0 Å². The molecule has 0 amide bonds. The van der Waals surface area contributed by atoms with Gasteiger partial charge in [-0.25, -0.2) is 9.59 Å². The molecule has 11 atom stereocenters. The first-order chi connectivity index (χ1) is 23.3. The van der Waals surface area contributed by atoms with Gasteiger partial charge in [-0.3, -0.25) is 15.0 Å². The molecular weight excluding hydrogens is 721 g/mol. The van der Waals surface area contributed by atoms with Gasteiger partial charge in [0.15, 0.2) is 6.10 Å². The third-order valence-corrected chi connectivity index (χ3v) is 9.70. The maximum absolute atomic E-state index is 13.9. The summed E-state index contributed by atoms with van der Waals surface area (Å²) in [4.78, 5) is 51.5. The van der Waals surface area contributed by atoms with Crippen molar-refractivity contribution >= 4 is 64.6 Å². The molecule has 1 N–H and O–H groups in total. The van der Waals surface area contributed by atoms with E-state index < -0.39 is 82.1 Å². The highest BCUT2D eigenvalue weighted by atomic mass is 35.6. The molecule has 2 heterocycles. The molecule has 2 aliphatic heterocycles. The van der Waals surface area contributed by atoms with Gasteiger partial charge in [-0.05, 0) is 36.3 Å². The number of benzene rings is 1. The Morgan fingerprint density at radius 2 is 1.64 bits per heavy atom. The zero-order valence-corrected chi connectivity index (χ0v) is 31.6. The van der Waals surface area contributed by atoms with Crippen molar-refractivity contribution in [2.75, 3.05) is 13.7 Å². The van der Waals surface area contributed by atoms with Gasteiger partial charge in [-0.15, -0.1) is 0 Å². The summed E-state index contributed by atoms with van der Waals surface area (Å²) < 4.78 is 45.0. The molecule has 0 bridgehead atoms. The van der Waals surface area contributed by atoms with Gasteiger partial charge in [-0.2, -0.15) is 0 Å². The summed E-state index contributed by atoms with van der Waals surface area (Å²) in [7, 11) is 1.17. The van der Waals surface area contributed by atoms with Crippen molar-refractivity contribution in [2.45, 2.75) is 108 Å². The maximum Gasteiger partial charge on any atom is 0.366 e. The van der Waals surface area contributed by atoms with E-state index in [0.29, 0.717) is 6.42 Å². The van der Waals surface area contributed by atoms with E-state index in [4.69, 9.17) is 78.1 Å². The number of hydrogen-bond acceptors (Lipinski definition) is 13. The molecule has 2 aliphatic rings. The number of halogens is 3. The van der Waals surface area contributed by atoms with E-state index in [1.54, 1.807) is 25.1 Å². The number of carbonyl (C=O) groups is 4. The minimum absolute atomic E-state index is 0.0157. The summed E-state index contributed by atoms with van der Waals surface area (Å²) in [5, 5.41) is 8.29. The van der Waals surface area contributed by atoms with Crippen LogP contribution in [0.1, 0.15) is 71.7 Å². The van der Waals surface area contributed by atoms with E-state index in [9.17, 15) is 19.2 Å². The zero-order valence-electron chi connectivity index (χ0n) is 29.3. The van der Waals surface area contributed by atoms with Crippen LogP contribution in [0.15, 0.2) is 30.3 Å². The van der Waals surface area contributed by atoms with Gasteiger partial charge in [0.1, 0.15) is 31.0 Å². The van der Waals surface area contributed by atoms with Gasteiger partial charge < -0.3 is 37.9 Å². The zero-order chi connectivity index (χ0) is 37.6. The van der Waals surface area contributed by atoms with Crippen LogP contribution in [0.2, 0.25) is 0 Å². The van der Waals surface area contributed by atoms with Crippen molar-refractivity contribution in [2.24, 2.45) is 23.7 Å². The van der Waals surface area contributed by atoms with Crippen LogP contribution in [0.4, 0.5) is 0 Å². The number of nitrogens with one attached hydrogen (secondary N) is 1. The average molecular weight is 767 g/mol. The Bertz CT molecular complexity index is 1360. The highest BCUT2D eigenvalue weighted by Gasteiger charge is 2.59. The number of rotatable bonds is 12. The molecule has 3 rings (SSSR count). The normalized spacial score (nSPS) is 31.0. The number of ether oxygens (including phenoxy) is 8. The molecular formula is C34H46Cl3NO12. The molecule has 280 valence electrons. The quantitative estimate of drug-likeness (QED) is 0.0896. The Morgan fingerprint density at radius 1 is 1.00 bits per heavy atom. The highest BCUT2D eigenvalue weighted by Crippen LogP contribution is 2.45. The molecule has 1 aromatic carbocycles. The van der Waals surface area contributed by atoms with Crippen LogP contribution < -0.4 is 0 Å². The third kappa shape index (κ3) is 10.2. The van der Waals surface area contributed by atoms with Gasteiger partial charge in [0, 0.05) is 26.2 Å². The molecule has 0 radical (unpaired) electrons. The van der Waals surface area contributed by atoms with Crippen molar-refractivity contribution in [3.05, 3.63) is 35.9 Å². The van der Waals surface area contributed by atoms with Crippen molar-refractivity contribution in [3.63, 3.8) is 0 Å². The second-order valence-corrected chi connectivity index (χ2v) is 15.1. The number of esters is 4. The standard InChI is InChI=1S/C34H46Cl3NO12/c1-9-17(2)25(45-22(7)40)26-19(4)18(3)15-33(49-26,32(42)43-8)50-27-20(5)24(16-44-21(6)39)46-30(48-31(38)34(35,36)37)28(27)47-29(41)23-13-11-10-12-14-23/h10-14,17-20,24-28,30,38H,9,15-16H2,1-8H3/t17-,18-,19-,20+,24+,25-,26?,27?,28?,30+,33+/m1/s1. The predicted molar refractivity (Wildman–Crippen MR) is 182 cm³/mol. The minimum Gasteiger partial charge on any atom is -0.465 e. The van der Waals surface area contributed by atoms with Crippen LogP contribution in [-0.2, 0) is 52.3 Å². The van der Waals surface area contributed by atoms with Crippen LogP contribution in [0.25, 0.3) is 0 Å². The fourth-order valence-corrected chi connectivity index (χ4v) is 6.14. The van der Waals surface area contributed by atoms with E-state index in [1.807, 2.05) is 27.7 Å². The summed E-state index contributed by atoms with van der Waals surface area (Å²) in [5.74, 6) is -7.32. The summed E-state index contributed by atoms with van der Waals surface area (Å²) in [6.07, 6.45) is -6.52. The topological polar surface area (TPSA) is 166 Å². The first-order valence-electron chi connectivity index (χ1n) is 16.3. The molecule has 2 fully saturated rings. The molecule has 0 aliphatic carbocycles. The van der Waals surface area contributed by atoms with Crippen molar-refractivity contribution in [1.29, 1.82) is 5.41 Å². The molecule has 2 saturated heterocycles.